The fourth-order valence-electron chi connectivity index (χ4n) is 6.93. The highest BCUT2D eigenvalue weighted by Gasteiger charge is 2.26. The molecule has 0 radical (unpaired) electrons. The molecule has 3 N–H and O–H groups in total. The number of ether oxygens (including phenoxy) is 3. The first-order valence-electron chi connectivity index (χ1n) is 20.5. The average Bonchev–Trinajstić information content (AvgIpc) is 3.25. The highest BCUT2D eigenvalue weighted by atomic mass is 35.5. The zero-order valence-electron chi connectivity index (χ0n) is 36.7. The standard InChI is InChI=1S/C47H51Cl2N7O7S/c1-8-42(63-40-19-15-29(3)23-31(40)5)62-28-50-33-16-20-41(61-6)39(27-33)53-46(57)44(52-38-18-17-35(24-30(38)4)55(9-2)22-21-51-64(7,59)60)45-54-43-36(25-32(48)26-37(43)49)47(58)56(45)34-13-11-10-12-14-34/h10-20,23-27,42,50-51H,8-9,21-22,28H2,1-7H3,(H,53,57). The molecule has 0 aliphatic rings. The van der Waals surface area contributed by atoms with Crippen molar-refractivity contribution in [3.05, 3.63) is 140 Å². The SMILES string of the molecule is CCC(OCNc1ccc(OC)c(NC(=O)C(=Nc2ccc(N(CC)CCNS(C)(=O)=O)cc2C)c2nc3c(Cl)cc(Cl)cc3c(=O)n2-c2ccccc2)c1)Oc1ccc(C)cc1C. The minimum atomic E-state index is -3.37. The van der Waals surface area contributed by atoms with Gasteiger partial charge in [-0.15, -0.1) is 0 Å². The van der Waals surface area contributed by atoms with Gasteiger partial charge in [-0.25, -0.2) is 23.1 Å². The van der Waals surface area contributed by atoms with E-state index in [-0.39, 0.29) is 51.4 Å². The van der Waals surface area contributed by atoms with Crippen LogP contribution in [0.2, 0.25) is 10.0 Å². The van der Waals surface area contributed by atoms with Gasteiger partial charge in [0.1, 0.15) is 18.2 Å². The first-order chi connectivity index (χ1) is 30.6. The van der Waals surface area contributed by atoms with Crippen LogP contribution in [-0.4, -0.2) is 75.6 Å². The Labute approximate surface area is 383 Å². The fraction of sp³-hybridized carbons (Fsp3) is 0.277. The van der Waals surface area contributed by atoms with E-state index in [4.69, 9.17) is 47.4 Å². The number of hydrogen-bond donors (Lipinski definition) is 3. The van der Waals surface area contributed by atoms with Gasteiger partial charge >= 0.3 is 0 Å². The molecule has 17 heteroatoms. The van der Waals surface area contributed by atoms with Crippen molar-refractivity contribution in [2.45, 2.75) is 47.3 Å². The molecule has 6 aromatic rings. The molecule has 1 amide bonds. The van der Waals surface area contributed by atoms with E-state index in [1.165, 1.54) is 23.8 Å². The lowest BCUT2D eigenvalue weighted by atomic mass is 10.1. The van der Waals surface area contributed by atoms with E-state index in [0.29, 0.717) is 47.9 Å². The molecule has 0 spiro atoms. The van der Waals surface area contributed by atoms with Crippen LogP contribution in [0.4, 0.5) is 22.7 Å². The maximum atomic E-state index is 14.9. The lowest BCUT2D eigenvalue weighted by molar-refractivity contribution is -0.110. The highest BCUT2D eigenvalue weighted by Crippen LogP contribution is 2.31. The van der Waals surface area contributed by atoms with Crippen molar-refractivity contribution in [2.24, 2.45) is 4.99 Å². The number of aliphatic imine (C=N–C) groups is 1. The monoisotopic (exact) mass is 927 g/mol. The maximum absolute atomic E-state index is 14.9. The van der Waals surface area contributed by atoms with E-state index in [9.17, 15) is 18.0 Å². The Morgan fingerprint density at radius 3 is 2.34 bits per heavy atom. The third-order valence-corrected chi connectivity index (χ3v) is 11.4. The van der Waals surface area contributed by atoms with Crippen LogP contribution in [0.15, 0.2) is 107 Å². The zero-order chi connectivity index (χ0) is 46.1. The second kappa shape index (κ2) is 21.1. The molecular formula is C47H51Cl2N7O7S. The van der Waals surface area contributed by atoms with Crippen molar-refractivity contribution < 1.29 is 27.4 Å². The lowest BCUT2D eigenvalue weighted by Crippen LogP contribution is -2.34. The predicted octanol–water partition coefficient (Wildman–Crippen LogP) is 8.96. The molecule has 14 nitrogen and oxygen atoms in total. The summed E-state index contributed by atoms with van der Waals surface area (Å²) >= 11 is 13.1. The number of carbonyl (C=O) groups is 1. The van der Waals surface area contributed by atoms with Gasteiger partial charge in [0.15, 0.2) is 11.5 Å². The number of fused-ring (bicyclic) bond motifs is 1. The molecule has 6 rings (SSSR count). The summed E-state index contributed by atoms with van der Waals surface area (Å²) in [5.41, 5.74) is 4.74. The van der Waals surface area contributed by atoms with E-state index in [1.807, 2.05) is 63.8 Å². The number of carbonyl (C=O) groups excluding carboxylic acids is 1. The average molecular weight is 929 g/mol. The van der Waals surface area contributed by atoms with Gasteiger partial charge in [0.25, 0.3) is 11.5 Å². The molecule has 1 unspecified atom stereocenters. The van der Waals surface area contributed by atoms with Crippen molar-refractivity contribution in [3.8, 4) is 17.2 Å². The number of nitrogens with zero attached hydrogens (tertiary/aromatic N) is 4. The molecule has 0 saturated carbocycles. The number of aryl methyl sites for hydroxylation is 3. The Balaban J connectivity index is 1.40. The number of halogens is 2. The smallest absolute Gasteiger partial charge is 0.278 e. The number of para-hydroxylation sites is 1. The number of rotatable bonds is 19. The Bertz CT molecular complexity index is 2860. The number of benzene rings is 5. The van der Waals surface area contributed by atoms with Crippen LogP contribution in [0.5, 0.6) is 11.5 Å². The third kappa shape index (κ3) is 11.8. The summed E-state index contributed by atoms with van der Waals surface area (Å²) < 4.78 is 45.2. The molecule has 0 bridgehead atoms. The maximum Gasteiger partial charge on any atom is 0.278 e. The fourth-order valence-corrected chi connectivity index (χ4v) is 7.93. The van der Waals surface area contributed by atoms with Crippen LogP contribution in [0.25, 0.3) is 16.6 Å². The van der Waals surface area contributed by atoms with E-state index in [0.717, 1.165) is 28.8 Å². The number of sulfonamides is 1. The summed E-state index contributed by atoms with van der Waals surface area (Å²) in [6.07, 6.45) is 1.19. The first kappa shape index (κ1) is 47.5. The number of anilines is 3. The molecule has 0 fully saturated rings. The van der Waals surface area contributed by atoms with Crippen LogP contribution >= 0.6 is 23.2 Å². The Morgan fingerprint density at radius 1 is 0.922 bits per heavy atom. The van der Waals surface area contributed by atoms with Crippen molar-refractivity contribution in [3.63, 3.8) is 0 Å². The van der Waals surface area contributed by atoms with Gasteiger partial charge in [-0.2, -0.15) is 0 Å². The number of aromatic nitrogens is 2. The topological polar surface area (TPSA) is 165 Å². The third-order valence-electron chi connectivity index (χ3n) is 10.2. The second-order valence-corrected chi connectivity index (χ2v) is 17.6. The van der Waals surface area contributed by atoms with Gasteiger partial charge in [0.2, 0.25) is 16.3 Å². The number of likely N-dealkylation sites (N-methyl/N-ethyl adjacent to an activating group) is 1. The second-order valence-electron chi connectivity index (χ2n) is 15.0. The molecule has 64 heavy (non-hydrogen) atoms. The molecule has 0 aliphatic carbocycles. The number of hydrogen-bond acceptors (Lipinski definition) is 11. The summed E-state index contributed by atoms with van der Waals surface area (Å²) in [5.74, 6) is 0.277. The van der Waals surface area contributed by atoms with Crippen LogP contribution in [-0.2, 0) is 19.6 Å². The van der Waals surface area contributed by atoms with Gasteiger partial charge in [0.05, 0.1) is 46.4 Å². The van der Waals surface area contributed by atoms with Crippen LogP contribution in [0.1, 0.15) is 42.8 Å². The number of methoxy groups -OCH3 is 1. The Hall–Kier alpha value is -5.97. The van der Waals surface area contributed by atoms with Gasteiger partial charge in [-0.05, 0) is 106 Å². The van der Waals surface area contributed by atoms with Crippen molar-refractivity contribution in [1.29, 1.82) is 0 Å². The quantitative estimate of drug-likeness (QED) is 0.0528. The minimum Gasteiger partial charge on any atom is -0.495 e. The summed E-state index contributed by atoms with van der Waals surface area (Å²) in [6, 6.07) is 28.3. The van der Waals surface area contributed by atoms with E-state index in [2.05, 4.69) is 21.4 Å². The summed E-state index contributed by atoms with van der Waals surface area (Å²) in [4.78, 5) is 41.3. The molecule has 336 valence electrons. The van der Waals surface area contributed by atoms with Crippen molar-refractivity contribution in [2.75, 3.05) is 55.3 Å². The van der Waals surface area contributed by atoms with Crippen LogP contribution < -0.4 is 35.3 Å². The van der Waals surface area contributed by atoms with Gasteiger partial charge in [-0.1, -0.05) is 66.0 Å². The number of amides is 1. The van der Waals surface area contributed by atoms with Crippen LogP contribution in [0, 0.1) is 20.8 Å². The van der Waals surface area contributed by atoms with E-state index < -0.39 is 27.8 Å². The Morgan fingerprint density at radius 2 is 1.67 bits per heavy atom. The largest absolute Gasteiger partial charge is 0.495 e. The Kier molecular flexibility index (Phi) is 15.7. The lowest BCUT2D eigenvalue weighted by Gasteiger charge is -2.24. The molecule has 1 atom stereocenters. The first-order valence-corrected chi connectivity index (χ1v) is 23.2. The molecule has 0 aliphatic heterocycles. The van der Waals surface area contributed by atoms with Crippen LogP contribution in [0.3, 0.4) is 0 Å². The molecule has 5 aromatic carbocycles. The predicted molar refractivity (Wildman–Crippen MR) is 257 cm³/mol. The highest BCUT2D eigenvalue weighted by molar-refractivity contribution is 7.88. The molecule has 1 heterocycles. The van der Waals surface area contributed by atoms with E-state index >= 15 is 0 Å². The summed E-state index contributed by atoms with van der Waals surface area (Å²) in [6.45, 7) is 11.1. The number of nitrogens with one attached hydrogen (secondary N) is 3. The molecule has 1 aromatic heterocycles. The van der Waals surface area contributed by atoms with Crippen molar-refractivity contribution >= 4 is 78.5 Å². The van der Waals surface area contributed by atoms with E-state index in [1.54, 1.807) is 54.6 Å². The van der Waals surface area contributed by atoms with Gasteiger partial charge in [-0.3, -0.25) is 14.2 Å². The minimum absolute atomic E-state index is 0.0872. The molecule has 0 saturated heterocycles. The summed E-state index contributed by atoms with van der Waals surface area (Å²) in [5, 5.41) is 6.70. The molecular weight excluding hydrogens is 878 g/mol. The van der Waals surface area contributed by atoms with Gasteiger partial charge in [0, 0.05) is 42.5 Å². The zero-order valence-corrected chi connectivity index (χ0v) is 39.0. The van der Waals surface area contributed by atoms with Gasteiger partial charge < -0.3 is 29.7 Å². The van der Waals surface area contributed by atoms with Crippen molar-refractivity contribution in [1.82, 2.24) is 14.3 Å². The normalized spacial score (nSPS) is 12.2. The summed E-state index contributed by atoms with van der Waals surface area (Å²) in [7, 11) is -1.88.